The van der Waals surface area contributed by atoms with E-state index in [0.717, 1.165) is 16.9 Å². The fourth-order valence-electron chi connectivity index (χ4n) is 2.93. The van der Waals surface area contributed by atoms with Gasteiger partial charge in [0.05, 0.1) is 20.8 Å². The molecule has 0 atom stereocenters. The highest BCUT2D eigenvalue weighted by atomic mass is 35.5. The fraction of sp³-hybridized carbons (Fsp3) is 0.250. The van der Waals surface area contributed by atoms with Crippen molar-refractivity contribution >= 4 is 52.1 Å². The van der Waals surface area contributed by atoms with E-state index in [4.69, 9.17) is 10.7 Å². The SMILES string of the molecule is CN(C)c1ccc(N)cc1.CN(C)c1ccc2nc3ccc(=[N+](C)C)cc-3sc2c1.[Cl-].[SH-]. The lowest BCUT2D eigenvalue weighted by Crippen LogP contribution is -3.00. The first kappa shape index (κ1) is 27.6. The number of rotatable bonds is 2. The number of fused-ring (bicyclic) bond motifs is 2. The summed E-state index contributed by atoms with van der Waals surface area (Å²) in [7, 11) is 12.3. The Morgan fingerprint density at radius 1 is 0.812 bits per heavy atom. The molecule has 0 radical (unpaired) electrons. The van der Waals surface area contributed by atoms with Crippen molar-refractivity contribution in [3.05, 3.63) is 66.0 Å². The molecule has 5 nitrogen and oxygen atoms in total. The number of nitrogens with zero attached hydrogens (tertiary/aromatic N) is 4. The Morgan fingerprint density at radius 3 is 1.97 bits per heavy atom. The number of hydrogen-bond acceptors (Lipinski definition) is 6. The van der Waals surface area contributed by atoms with Gasteiger partial charge < -0.3 is 41.4 Å². The van der Waals surface area contributed by atoms with Crippen molar-refractivity contribution < 1.29 is 12.4 Å². The molecule has 0 saturated carbocycles. The average Bonchev–Trinajstić information content (AvgIpc) is 2.72. The van der Waals surface area contributed by atoms with Crippen molar-refractivity contribution in [3.8, 4) is 10.6 Å². The number of nitrogen functional groups attached to an aromatic ring is 1. The van der Waals surface area contributed by atoms with E-state index in [1.165, 1.54) is 26.3 Å². The molecule has 32 heavy (non-hydrogen) atoms. The van der Waals surface area contributed by atoms with E-state index in [2.05, 4.69) is 74.1 Å². The topological polar surface area (TPSA) is 48.4 Å². The van der Waals surface area contributed by atoms with Gasteiger partial charge in [0.1, 0.15) is 14.1 Å². The minimum atomic E-state index is 0. The fourth-order valence-corrected chi connectivity index (χ4v) is 3.96. The summed E-state index contributed by atoms with van der Waals surface area (Å²) in [6, 6.07) is 20.6. The van der Waals surface area contributed by atoms with Gasteiger partial charge in [0.2, 0.25) is 5.36 Å². The molecular formula is C24H31ClN5S2-. The molecule has 2 N–H and O–H groups in total. The number of anilines is 3. The number of halogens is 1. The number of benzene rings is 3. The highest BCUT2D eigenvalue weighted by molar-refractivity contribution is 7.37. The second-order valence-electron chi connectivity index (χ2n) is 7.79. The first-order valence-corrected chi connectivity index (χ1v) is 10.6. The predicted octanol–water partition coefficient (Wildman–Crippen LogP) is 0.568. The smallest absolute Gasteiger partial charge is 0.201 e. The molecule has 8 heteroatoms. The molecule has 0 aromatic heterocycles. The zero-order chi connectivity index (χ0) is 21.8. The zero-order valence-corrected chi connectivity index (χ0v) is 21.8. The van der Waals surface area contributed by atoms with Crippen LogP contribution in [-0.2, 0) is 13.5 Å². The molecule has 0 unspecified atom stereocenters. The van der Waals surface area contributed by atoms with Crippen molar-refractivity contribution in [2.24, 2.45) is 0 Å². The third-order valence-electron chi connectivity index (χ3n) is 4.79. The highest BCUT2D eigenvalue weighted by Crippen LogP contribution is 2.31. The Labute approximate surface area is 208 Å². The Morgan fingerprint density at radius 2 is 1.41 bits per heavy atom. The van der Waals surface area contributed by atoms with E-state index in [1.54, 1.807) is 11.3 Å². The molecule has 0 saturated heterocycles. The third kappa shape index (κ3) is 6.76. The van der Waals surface area contributed by atoms with Crippen molar-refractivity contribution in [2.45, 2.75) is 0 Å². The number of thiol groups is 1. The maximum absolute atomic E-state index is 5.51. The Balaban J connectivity index is 0.000000366. The number of aromatic nitrogens is 1. The van der Waals surface area contributed by atoms with Gasteiger partial charge in [0.25, 0.3) is 0 Å². The monoisotopic (exact) mass is 488 g/mol. The van der Waals surface area contributed by atoms with Crippen LogP contribution in [0.5, 0.6) is 0 Å². The Bertz CT molecular complexity index is 1180. The van der Waals surface area contributed by atoms with E-state index >= 15 is 0 Å². The molecular weight excluding hydrogens is 458 g/mol. The second-order valence-corrected chi connectivity index (χ2v) is 8.88. The van der Waals surface area contributed by atoms with Crippen LogP contribution < -0.4 is 37.9 Å². The van der Waals surface area contributed by atoms with Gasteiger partial charge in [-0.3, -0.25) is 0 Å². The first-order chi connectivity index (χ1) is 14.2. The van der Waals surface area contributed by atoms with Crippen molar-refractivity contribution in [3.63, 3.8) is 0 Å². The quantitative estimate of drug-likeness (QED) is 0.147. The van der Waals surface area contributed by atoms with Gasteiger partial charge >= 0.3 is 0 Å². The van der Waals surface area contributed by atoms with Gasteiger partial charge in [0, 0.05) is 57.4 Å². The van der Waals surface area contributed by atoms with Gasteiger partial charge in [-0.1, -0.05) is 0 Å². The summed E-state index contributed by atoms with van der Waals surface area (Å²) in [6.07, 6.45) is 0. The van der Waals surface area contributed by atoms with Crippen LogP contribution in [0, 0.1) is 0 Å². The molecule has 0 fully saturated rings. The van der Waals surface area contributed by atoms with Crippen LogP contribution in [0.1, 0.15) is 0 Å². The molecule has 0 bridgehead atoms. The standard InChI is InChI=1S/C16H18N3S.C8H12N2.ClH.H2S/c1-18(2)11-5-7-13-15(9-11)20-16-10-12(19(3)4)6-8-14(16)17-13;1-10(2)8-5-3-7(9)4-6-8;;/h5-10H,1-4H3;3-6H,9H2,1-2H3;1H;1H2/q+1;;;/p-2. The van der Waals surface area contributed by atoms with Crippen LogP contribution in [-0.4, -0.2) is 47.3 Å². The van der Waals surface area contributed by atoms with E-state index in [-0.39, 0.29) is 25.9 Å². The van der Waals surface area contributed by atoms with E-state index in [1.807, 2.05) is 43.3 Å². The van der Waals surface area contributed by atoms with Crippen LogP contribution in [0.15, 0.2) is 60.7 Å². The van der Waals surface area contributed by atoms with E-state index in [9.17, 15) is 0 Å². The molecule has 0 spiro atoms. The van der Waals surface area contributed by atoms with E-state index in [0.29, 0.717) is 0 Å². The van der Waals surface area contributed by atoms with Gasteiger partial charge in [0.15, 0.2) is 0 Å². The van der Waals surface area contributed by atoms with Crippen LogP contribution >= 0.6 is 11.3 Å². The molecule has 2 aromatic carbocycles. The largest absolute Gasteiger partial charge is 1.00 e. The lowest BCUT2D eigenvalue weighted by molar-refractivity contribution is -0.00000638. The predicted molar refractivity (Wildman–Crippen MR) is 142 cm³/mol. The summed E-state index contributed by atoms with van der Waals surface area (Å²) >= 11 is 1.80. The van der Waals surface area contributed by atoms with Crippen LogP contribution in [0.3, 0.4) is 0 Å². The molecule has 1 aliphatic carbocycles. The summed E-state index contributed by atoms with van der Waals surface area (Å²) < 4.78 is 3.34. The third-order valence-corrected chi connectivity index (χ3v) is 5.88. The van der Waals surface area contributed by atoms with Crippen LogP contribution in [0.25, 0.3) is 20.8 Å². The summed E-state index contributed by atoms with van der Waals surface area (Å²) in [5.41, 5.74) is 10.8. The molecule has 172 valence electrons. The van der Waals surface area contributed by atoms with Gasteiger partial charge in [-0.25, -0.2) is 9.56 Å². The lowest BCUT2D eigenvalue weighted by atomic mass is 10.2. The van der Waals surface area contributed by atoms with Crippen LogP contribution in [0.2, 0.25) is 0 Å². The van der Waals surface area contributed by atoms with Crippen LogP contribution in [0.4, 0.5) is 17.1 Å². The maximum Gasteiger partial charge on any atom is 0.201 e. The van der Waals surface area contributed by atoms with Crippen molar-refractivity contribution in [2.75, 3.05) is 57.8 Å². The summed E-state index contributed by atoms with van der Waals surface area (Å²) in [5.74, 6) is 0. The van der Waals surface area contributed by atoms with Gasteiger partial charge in [-0.05, 0) is 48.5 Å². The molecule has 1 aliphatic heterocycles. The van der Waals surface area contributed by atoms with Gasteiger partial charge in [-0.15, -0.1) is 11.3 Å². The summed E-state index contributed by atoms with van der Waals surface area (Å²) in [6.45, 7) is 0. The van der Waals surface area contributed by atoms with Gasteiger partial charge in [-0.2, -0.15) is 0 Å². The maximum atomic E-state index is 5.51. The molecule has 2 aromatic rings. The molecule has 2 aliphatic rings. The molecule has 4 rings (SSSR count). The first-order valence-electron chi connectivity index (χ1n) is 9.80. The van der Waals surface area contributed by atoms with Crippen molar-refractivity contribution in [1.29, 1.82) is 0 Å². The van der Waals surface area contributed by atoms with Crippen molar-refractivity contribution in [1.82, 2.24) is 9.56 Å². The summed E-state index contributed by atoms with van der Waals surface area (Å²) in [5, 5.41) is 1.21. The molecule has 1 heterocycles. The normalized spacial score (nSPS) is 9.81. The lowest BCUT2D eigenvalue weighted by Gasteiger charge is -2.13. The second kappa shape index (κ2) is 11.9. The minimum absolute atomic E-state index is 0. The Kier molecular flexibility index (Phi) is 10.3. The zero-order valence-electron chi connectivity index (χ0n) is 19.4. The number of nitrogens with two attached hydrogens (primary N) is 1. The number of hydrogen-bond donors (Lipinski definition) is 1. The summed E-state index contributed by atoms with van der Waals surface area (Å²) in [4.78, 5) is 10.1. The Hall–Kier alpha value is -2.48. The minimum Gasteiger partial charge on any atom is -1.00 e. The highest BCUT2D eigenvalue weighted by Gasteiger charge is 2.09. The van der Waals surface area contributed by atoms with E-state index < -0.39 is 0 Å². The molecule has 0 amide bonds. The average molecular weight is 489 g/mol.